The number of hydrogen-bond acceptors (Lipinski definition) is 7. The van der Waals surface area contributed by atoms with Gasteiger partial charge < -0.3 is 10.2 Å². The molecule has 9 heteroatoms. The van der Waals surface area contributed by atoms with E-state index in [1.54, 1.807) is 12.3 Å². The van der Waals surface area contributed by atoms with E-state index in [4.69, 9.17) is 4.98 Å². The predicted octanol–water partition coefficient (Wildman–Crippen LogP) is 4.97. The quantitative estimate of drug-likeness (QED) is 0.178. The highest BCUT2D eigenvalue weighted by molar-refractivity contribution is 14.1. The monoisotopic (exact) mass is 551 g/mol. The van der Waals surface area contributed by atoms with E-state index in [1.807, 2.05) is 36.4 Å². The maximum absolute atomic E-state index is 10.8. The highest BCUT2D eigenvalue weighted by Crippen LogP contribution is 2.20. The van der Waals surface area contributed by atoms with Gasteiger partial charge in [-0.2, -0.15) is 0 Å². The second kappa shape index (κ2) is 10.8. The number of nitrogens with zero attached hydrogens (tertiary/aromatic N) is 5. The molecule has 4 rings (SSSR count). The zero-order valence-corrected chi connectivity index (χ0v) is 19.7. The minimum atomic E-state index is -0.463. The first-order valence-electron chi connectivity index (χ1n) is 10.2. The molecule has 0 aliphatic rings. The van der Waals surface area contributed by atoms with Gasteiger partial charge in [-0.05, 0) is 58.5 Å². The van der Waals surface area contributed by atoms with Gasteiger partial charge in [-0.1, -0.05) is 36.4 Å². The van der Waals surface area contributed by atoms with Crippen molar-refractivity contribution in [3.05, 3.63) is 104 Å². The topological polar surface area (TPSA) is 97.1 Å². The fourth-order valence-electron chi connectivity index (χ4n) is 3.24. The van der Waals surface area contributed by atoms with Gasteiger partial charge in [-0.3, -0.25) is 10.1 Å². The van der Waals surface area contributed by atoms with Crippen LogP contribution in [0, 0.1) is 19.8 Å². The summed E-state index contributed by atoms with van der Waals surface area (Å²) >= 11 is 2.30. The van der Waals surface area contributed by atoms with Crippen LogP contribution in [0.15, 0.2) is 79.1 Å². The van der Waals surface area contributed by atoms with E-state index in [0.29, 0.717) is 31.4 Å². The molecule has 1 radical (unpaired) electrons. The Bertz CT molecular complexity index is 1220. The van der Waals surface area contributed by atoms with E-state index in [1.165, 1.54) is 12.3 Å². The molecule has 1 N–H and O–H groups in total. The molecule has 0 bridgehead atoms. The molecule has 33 heavy (non-hydrogen) atoms. The maximum atomic E-state index is 10.8. The molecule has 0 amide bonds. The standard InChI is InChI=1S/C24H20IN6O2/c25-20-8-4-5-18(15-20)17-30(14-13-26-23-10-9-21(16-28-23)31(32)33)24-27-12-11-22(29-24)19-6-2-1-3-7-19/h2-12,15-16H,13-14,17H2,(H,26,28). The fourth-order valence-corrected chi connectivity index (χ4v) is 3.85. The summed E-state index contributed by atoms with van der Waals surface area (Å²) in [6, 6.07) is 23.9. The van der Waals surface area contributed by atoms with Crippen LogP contribution in [0.1, 0.15) is 5.56 Å². The van der Waals surface area contributed by atoms with E-state index in [0.717, 1.165) is 20.4 Å². The zero-order valence-electron chi connectivity index (χ0n) is 17.6. The first kappa shape index (κ1) is 22.6. The minimum absolute atomic E-state index is 0.0374. The van der Waals surface area contributed by atoms with E-state index < -0.39 is 4.92 Å². The van der Waals surface area contributed by atoms with Crippen LogP contribution in [0.2, 0.25) is 0 Å². The molecule has 0 saturated heterocycles. The molecule has 4 aromatic rings. The second-order valence-corrected chi connectivity index (χ2v) is 8.41. The van der Waals surface area contributed by atoms with Crippen molar-refractivity contribution in [1.29, 1.82) is 0 Å². The number of anilines is 2. The summed E-state index contributed by atoms with van der Waals surface area (Å²) in [5.74, 6) is 1.20. The molecule has 0 fully saturated rings. The molecule has 2 aromatic carbocycles. The average molecular weight is 551 g/mol. The third kappa shape index (κ3) is 6.22. The lowest BCUT2D eigenvalue weighted by Gasteiger charge is -2.23. The third-order valence-corrected chi connectivity index (χ3v) is 5.52. The lowest BCUT2D eigenvalue weighted by Crippen LogP contribution is -2.30. The molecule has 0 saturated carbocycles. The van der Waals surface area contributed by atoms with Gasteiger partial charge in [0, 0.05) is 41.0 Å². The van der Waals surface area contributed by atoms with Gasteiger partial charge >= 0.3 is 0 Å². The molecule has 0 spiro atoms. The molecule has 2 aromatic heterocycles. The third-order valence-electron chi connectivity index (χ3n) is 4.85. The zero-order chi connectivity index (χ0) is 23.0. The summed E-state index contributed by atoms with van der Waals surface area (Å²) < 4.78 is 1.16. The van der Waals surface area contributed by atoms with Gasteiger partial charge in [0.1, 0.15) is 12.0 Å². The first-order valence-corrected chi connectivity index (χ1v) is 11.3. The number of pyridine rings is 1. The predicted molar refractivity (Wildman–Crippen MR) is 136 cm³/mol. The number of nitrogens with one attached hydrogen (secondary N) is 1. The van der Waals surface area contributed by atoms with Crippen molar-refractivity contribution in [2.45, 2.75) is 6.54 Å². The van der Waals surface area contributed by atoms with Gasteiger partial charge in [0.2, 0.25) is 5.95 Å². The van der Waals surface area contributed by atoms with Crippen LogP contribution >= 0.6 is 22.6 Å². The van der Waals surface area contributed by atoms with Gasteiger partial charge in [-0.15, -0.1) is 0 Å². The lowest BCUT2D eigenvalue weighted by molar-refractivity contribution is -0.385. The van der Waals surface area contributed by atoms with Gasteiger partial charge in [0.25, 0.3) is 5.69 Å². The summed E-state index contributed by atoms with van der Waals surface area (Å²) in [6.45, 7) is 1.80. The summed E-state index contributed by atoms with van der Waals surface area (Å²) in [7, 11) is 0. The molecule has 0 unspecified atom stereocenters. The minimum Gasteiger partial charge on any atom is -0.368 e. The van der Waals surface area contributed by atoms with Crippen molar-refractivity contribution in [3.63, 3.8) is 0 Å². The van der Waals surface area contributed by atoms with Gasteiger partial charge in [0.15, 0.2) is 0 Å². The van der Waals surface area contributed by atoms with E-state index in [9.17, 15) is 10.1 Å². The Morgan fingerprint density at radius 2 is 1.94 bits per heavy atom. The highest BCUT2D eigenvalue weighted by atomic mass is 127. The Labute approximate surface area is 205 Å². The van der Waals surface area contributed by atoms with Crippen LogP contribution in [-0.2, 0) is 6.54 Å². The van der Waals surface area contributed by atoms with Crippen molar-refractivity contribution in [3.8, 4) is 11.3 Å². The van der Waals surface area contributed by atoms with Gasteiger partial charge in [0.05, 0.1) is 10.6 Å². The van der Waals surface area contributed by atoms with Crippen LogP contribution in [0.4, 0.5) is 17.5 Å². The summed E-state index contributed by atoms with van der Waals surface area (Å²) in [5, 5.41) is 14.0. The van der Waals surface area contributed by atoms with E-state index in [-0.39, 0.29) is 5.69 Å². The average Bonchev–Trinajstić information content (AvgIpc) is 2.84. The van der Waals surface area contributed by atoms with Crippen molar-refractivity contribution in [1.82, 2.24) is 15.0 Å². The van der Waals surface area contributed by atoms with Crippen LogP contribution in [0.5, 0.6) is 0 Å². The lowest BCUT2D eigenvalue weighted by atomic mass is 10.1. The molecule has 0 aliphatic heterocycles. The van der Waals surface area contributed by atoms with Gasteiger partial charge in [-0.25, -0.2) is 15.0 Å². The number of halogens is 1. The first-order chi connectivity index (χ1) is 16.1. The normalized spacial score (nSPS) is 10.6. The van der Waals surface area contributed by atoms with Crippen molar-refractivity contribution < 1.29 is 4.92 Å². The Kier molecular flexibility index (Phi) is 7.40. The van der Waals surface area contributed by atoms with E-state index in [2.05, 4.69) is 67.0 Å². The number of benzene rings is 2. The molecule has 2 heterocycles. The Morgan fingerprint density at radius 1 is 1.09 bits per heavy atom. The summed E-state index contributed by atoms with van der Waals surface area (Å²) in [5.41, 5.74) is 2.95. The summed E-state index contributed by atoms with van der Waals surface area (Å²) in [6.07, 6.45) is 3.01. The molecule has 165 valence electrons. The molecule has 0 aliphatic carbocycles. The number of hydrogen-bond donors (Lipinski definition) is 1. The fraction of sp³-hybridized carbons (Fsp3) is 0.125. The van der Waals surface area contributed by atoms with E-state index >= 15 is 0 Å². The molecular formula is C24H20IN6O2. The van der Waals surface area contributed by atoms with Crippen molar-refractivity contribution in [2.75, 3.05) is 23.3 Å². The Balaban J connectivity index is 1.52. The van der Waals surface area contributed by atoms with Crippen molar-refractivity contribution >= 4 is 40.0 Å². The molecular weight excluding hydrogens is 531 g/mol. The van der Waals surface area contributed by atoms with Crippen molar-refractivity contribution in [2.24, 2.45) is 0 Å². The van der Waals surface area contributed by atoms with Crippen LogP contribution < -0.4 is 10.2 Å². The highest BCUT2D eigenvalue weighted by Gasteiger charge is 2.13. The van der Waals surface area contributed by atoms with Crippen LogP contribution in [0.3, 0.4) is 0 Å². The molecule has 8 nitrogen and oxygen atoms in total. The Hall–Kier alpha value is -3.60. The molecule has 0 atom stereocenters. The van der Waals surface area contributed by atoms with Crippen LogP contribution in [0.25, 0.3) is 11.3 Å². The van der Waals surface area contributed by atoms with Crippen LogP contribution in [-0.4, -0.2) is 33.0 Å². The number of rotatable bonds is 9. The SMILES string of the molecule is O=[N+]([O-])c1ccc(NCCN(Cc2cccc(I)c2)c2nccc(-c3cc[c]cc3)n2)nc1. The maximum Gasteiger partial charge on any atom is 0.287 e. The second-order valence-electron chi connectivity index (χ2n) is 7.17. The smallest absolute Gasteiger partial charge is 0.287 e. The number of aromatic nitrogens is 3. The Morgan fingerprint density at radius 3 is 2.67 bits per heavy atom. The number of nitro groups is 1. The summed E-state index contributed by atoms with van der Waals surface area (Å²) in [4.78, 5) is 25.9. The largest absolute Gasteiger partial charge is 0.368 e.